The molecule has 1 heterocycles. The van der Waals surface area contributed by atoms with E-state index in [0.717, 1.165) is 0 Å². The molecule has 0 spiro atoms. The molecule has 0 bridgehead atoms. The van der Waals surface area contributed by atoms with Crippen molar-refractivity contribution in [2.45, 2.75) is 13.8 Å². The Bertz CT molecular complexity index is 339. The quantitative estimate of drug-likeness (QED) is 0.653. The zero-order chi connectivity index (χ0) is 9.84. The second kappa shape index (κ2) is 3.89. The summed E-state index contributed by atoms with van der Waals surface area (Å²) in [6.07, 6.45) is 3.57. The maximum absolute atomic E-state index is 11.1. The van der Waals surface area contributed by atoms with Crippen molar-refractivity contribution in [3.63, 3.8) is 0 Å². The number of rotatable bonds is 2. The lowest BCUT2D eigenvalue weighted by molar-refractivity contribution is 0.0589. The summed E-state index contributed by atoms with van der Waals surface area (Å²) in [5, 5.41) is 3.60. The van der Waals surface area contributed by atoms with Gasteiger partial charge in [0.2, 0.25) is 0 Å². The van der Waals surface area contributed by atoms with Crippen LogP contribution < -0.4 is 0 Å². The molecule has 0 N–H and O–H groups in total. The number of carbonyl (C=O) groups is 1. The molecule has 4 heteroatoms. The van der Waals surface area contributed by atoms with Crippen LogP contribution in [0.15, 0.2) is 10.6 Å². The van der Waals surface area contributed by atoms with E-state index < -0.39 is 5.97 Å². The van der Waals surface area contributed by atoms with Crippen LogP contribution in [0.5, 0.6) is 0 Å². The van der Waals surface area contributed by atoms with E-state index in [-0.39, 0.29) is 5.69 Å². The predicted molar refractivity (Wildman–Crippen MR) is 47.3 cm³/mol. The molecule has 1 rings (SSSR count). The molecule has 0 saturated heterocycles. The number of carbonyl (C=O) groups excluding carboxylic acids is 1. The van der Waals surface area contributed by atoms with E-state index in [1.165, 1.54) is 7.11 Å². The molecule has 4 nitrogen and oxygen atoms in total. The summed E-state index contributed by atoms with van der Waals surface area (Å²) in [5.41, 5.74) is 0.896. The minimum Gasteiger partial charge on any atom is -0.464 e. The van der Waals surface area contributed by atoms with Gasteiger partial charge in [0, 0.05) is 0 Å². The number of esters is 1. The van der Waals surface area contributed by atoms with Gasteiger partial charge >= 0.3 is 5.97 Å². The number of allylic oxidation sites excluding steroid dienone is 1. The summed E-state index contributed by atoms with van der Waals surface area (Å²) in [6, 6.07) is 0. The standard InChI is InChI=1S/C9H11NO3/c1-4-5-7-6(2)13-10-8(7)9(11)12-3/h4-5H,1-3H3/b5-4+. The van der Waals surface area contributed by atoms with Crippen LogP contribution in [0, 0.1) is 6.92 Å². The highest BCUT2D eigenvalue weighted by Crippen LogP contribution is 2.15. The molecule has 1 aromatic heterocycles. The first-order valence-electron chi connectivity index (χ1n) is 3.88. The zero-order valence-corrected chi connectivity index (χ0v) is 7.83. The molecular weight excluding hydrogens is 170 g/mol. The Labute approximate surface area is 76.2 Å². The highest BCUT2D eigenvalue weighted by Gasteiger charge is 2.17. The lowest BCUT2D eigenvalue weighted by atomic mass is 10.2. The fourth-order valence-electron chi connectivity index (χ4n) is 0.986. The smallest absolute Gasteiger partial charge is 0.360 e. The third-order valence-electron chi connectivity index (χ3n) is 1.62. The van der Waals surface area contributed by atoms with Crippen molar-refractivity contribution in [1.29, 1.82) is 0 Å². The maximum atomic E-state index is 11.1. The molecule has 0 unspecified atom stereocenters. The van der Waals surface area contributed by atoms with Crippen LogP contribution in [0.2, 0.25) is 0 Å². The average Bonchev–Trinajstić information content (AvgIpc) is 2.48. The second-order valence-corrected chi connectivity index (χ2v) is 2.49. The average molecular weight is 181 g/mol. The van der Waals surface area contributed by atoms with Crippen molar-refractivity contribution < 1.29 is 14.1 Å². The fraction of sp³-hybridized carbons (Fsp3) is 0.333. The van der Waals surface area contributed by atoms with Crippen molar-refractivity contribution in [2.75, 3.05) is 7.11 Å². The van der Waals surface area contributed by atoms with E-state index in [1.807, 2.05) is 13.0 Å². The molecule has 0 aliphatic heterocycles. The first kappa shape index (κ1) is 9.51. The van der Waals surface area contributed by atoms with Crippen molar-refractivity contribution >= 4 is 12.0 Å². The van der Waals surface area contributed by atoms with E-state index >= 15 is 0 Å². The third-order valence-corrected chi connectivity index (χ3v) is 1.62. The monoisotopic (exact) mass is 181 g/mol. The largest absolute Gasteiger partial charge is 0.464 e. The summed E-state index contributed by atoms with van der Waals surface area (Å²) >= 11 is 0. The van der Waals surface area contributed by atoms with Gasteiger partial charge in [0.05, 0.1) is 12.7 Å². The first-order valence-corrected chi connectivity index (χ1v) is 3.88. The Morgan fingerprint density at radius 2 is 2.31 bits per heavy atom. The summed E-state index contributed by atoms with van der Waals surface area (Å²) in [6.45, 7) is 3.60. The van der Waals surface area contributed by atoms with E-state index in [0.29, 0.717) is 11.3 Å². The summed E-state index contributed by atoms with van der Waals surface area (Å²) in [5.74, 6) is 0.128. The van der Waals surface area contributed by atoms with Gasteiger partial charge in [0.1, 0.15) is 5.76 Å². The molecule has 0 saturated carbocycles. The molecule has 0 atom stereocenters. The van der Waals surface area contributed by atoms with E-state index in [9.17, 15) is 4.79 Å². The Balaban J connectivity index is 3.14. The van der Waals surface area contributed by atoms with E-state index in [2.05, 4.69) is 9.89 Å². The normalized spacial score (nSPS) is 10.7. The van der Waals surface area contributed by atoms with Crippen LogP contribution in [-0.2, 0) is 4.74 Å². The first-order chi connectivity index (χ1) is 6.20. The van der Waals surface area contributed by atoms with Crippen LogP contribution in [-0.4, -0.2) is 18.2 Å². The summed E-state index contributed by atoms with van der Waals surface area (Å²) in [4.78, 5) is 11.1. The minimum absolute atomic E-state index is 0.220. The van der Waals surface area contributed by atoms with E-state index in [4.69, 9.17) is 4.52 Å². The number of aromatic nitrogens is 1. The van der Waals surface area contributed by atoms with Gasteiger partial charge in [0.25, 0.3) is 0 Å². The summed E-state index contributed by atoms with van der Waals surface area (Å²) in [7, 11) is 1.31. The Hall–Kier alpha value is -1.58. The highest BCUT2D eigenvalue weighted by atomic mass is 16.5. The SMILES string of the molecule is C/C=C/c1c(C(=O)OC)noc1C. The van der Waals surface area contributed by atoms with Crippen LogP contribution >= 0.6 is 0 Å². The van der Waals surface area contributed by atoms with Gasteiger partial charge in [-0.05, 0) is 13.8 Å². The van der Waals surface area contributed by atoms with Crippen molar-refractivity contribution in [3.8, 4) is 0 Å². The molecule has 0 fully saturated rings. The third kappa shape index (κ3) is 1.77. The molecule has 0 amide bonds. The lowest BCUT2D eigenvalue weighted by Crippen LogP contribution is -2.03. The molecule has 0 aliphatic rings. The molecule has 13 heavy (non-hydrogen) atoms. The second-order valence-electron chi connectivity index (χ2n) is 2.49. The number of nitrogens with zero attached hydrogens (tertiary/aromatic N) is 1. The Morgan fingerprint density at radius 3 is 2.85 bits per heavy atom. The maximum Gasteiger partial charge on any atom is 0.360 e. The molecule has 70 valence electrons. The van der Waals surface area contributed by atoms with Gasteiger partial charge in [0.15, 0.2) is 5.69 Å². The van der Waals surface area contributed by atoms with Crippen molar-refractivity contribution in [1.82, 2.24) is 5.16 Å². The van der Waals surface area contributed by atoms with Gasteiger partial charge in [-0.2, -0.15) is 0 Å². The predicted octanol–water partition coefficient (Wildman–Crippen LogP) is 1.80. The fourth-order valence-corrected chi connectivity index (χ4v) is 0.986. The van der Waals surface area contributed by atoms with Crippen LogP contribution in [0.3, 0.4) is 0 Å². The van der Waals surface area contributed by atoms with Gasteiger partial charge in [-0.1, -0.05) is 17.3 Å². The number of hydrogen-bond donors (Lipinski definition) is 0. The molecular formula is C9H11NO3. The van der Waals surface area contributed by atoms with Gasteiger partial charge in [-0.15, -0.1) is 0 Å². The van der Waals surface area contributed by atoms with Crippen LogP contribution in [0.25, 0.3) is 6.08 Å². The number of hydrogen-bond acceptors (Lipinski definition) is 4. The topological polar surface area (TPSA) is 52.3 Å². The molecule has 0 aliphatic carbocycles. The van der Waals surface area contributed by atoms with Crippen LogP contribution in [0.1, 0.15) is 28.7 Å². The van der Waals surface area contributed by atoms with Crippen molar-refractivity contribution in [3.05, 3.63) is 23.1 Å². The number of methoxy groups -OCH3 is 1. The van der Waals surface area contributed by atoms with Crippen molar-refractivity contribution in [2.24, 2.45) is 0 Å². The zero-order valence-electron chi connectivity index (χ0n) is 7.83. The van der Waals surface area contributed by atoms with E-state index in [1.54, 1.807) is 13.0 Å². The Morgan fingerprint density at radius 1 is 1.62 bits per heavy atom. The van der Waals surface area contributed by atoms with Crippen LogP contribution in [0.4, 0.5) is 0 Å². The number of ether oxygens (including phenoxy) is 1. The molecule has 0 radical (unpaired) electrons. The molecule has 0 aromatic carbocycles. The van der Waals surface area contributed by atoms with Gasteiger partial charge in [-0.3, -0.25) is 0 Å². The van der Waals surface area contributed by atoms with Gasteiger partial charge in [-0.25, -0.2) is 4.79 Å². The minimum atomic E-state index is -0.482. The summed E-state index contributed by atoms with van der Waals surface area (Å²) < 4.78 is 9.41. The van der Waals surface area contributed by atoms with Gasteiger partial charge < -0.3 is 9.26 Å². The number of aryl methyl sites for hydroxylation is 1. The lowest BCUT2D eigenvalue weighted by Gasteiger charge is -1.93. The Kier molecular flexibility index (Phi) is 2.84. The highest BCUT2D eigenvalue weighted by molar-refractivity contribution is 5.91. The molecule has 1 aromatic rings.